The van der Waals surface area contributed by atoms with Crippen molar-refractivity contribution in [2.75, 3.05) is 18.1 Å². The molecule has 0 spiro atoms. The molecule has 1 heterocycles. The van der Waals surface area contributed by atoms with Crippen molar-refractivity contribution in [3.63, 3.8) is 0 Å². The number of terminal acetylenes is 1. The molecule has 0 aliphatic carbocycles. The van der Waals surface area contributed by atoms with Crippen molar-refractivity contribution in [3.05, 3.63) is 60.2 Å². The molecule has 0 aromatic heterocycles. The molecule has 1 aliphatic rings. The van der Waals surface area contributed by atoms with Gasteiger partial charge >= 0.3 is 0 Å². The van der Waals surface area contributed by atoms with Crippen LogP contribution >= 0.6 is 0 Å². The smallest absolute Gasteiger partial charge is 0.159 e. The molecule has 0 saturated heterocycles. The van der Waals surface area contributed by atoms with Crippen molar-refractivity contribution < 1.29 is 9.84 Å². The van der Waals surface area contributed by atoms with Gasteiger partial charge in [-0.05, 0) is 17.7 Å². The van der Waals surface area contributed by atoms with Crippen LogP contribution in [0.2, 0.25) is 0 Å². The van der Waals surface area contributed by atoms with Gasteiger partial charge < -0.3 is 14.7 Å². The fourth-order valence-electron chi connectivity index (χ4n) is 2.61. The maximum absolute atomic E-state index is 9.85. The van der Waals surface area contributed by atoms with E-state index in [0.717, 1.165) is 17.0 Å². The number of hydrogen-bond donors (Lipinski definition) is 1. The number of benzene rings is 2. The zero-order valence-electron chi connectivity index (χ0n) is 11.7. The van der Waals surface area contributed by atoms with Gasteiger partial charge in [0, 0.05) is 6.54 Å². The topological polar surface area (TPSA) is 32.7 Å². The van der Waals surface area contributed by atoms with E-state index >= 15 is 0 Å². The first kappa shape index (κ1) is 13.5. The van der Waals surface area contributed by atoms with Crippen LogP contribution in [0.1, 0.15) is 5.56 Å². The molecule has 1 unspecified atom stereocenters. The van der Waals surface area contributed by atoms with E-state index in [2.05, 4.69) is 23.0 Å². The molecule has 3 nitrogen and oxygen atoms in total. The monoisotopic (exact) mass is 279 g/mol. The van der Waals surface area contributed by atoms with Gasteiger partial charge in [0.15, 0.2) is 5.54 Å². The van der Waals surface area contributed by atoms with Crippen molar-refractivity contribution in [3.8, 4) is 18.1 Å². The molecule has 0 fully saturated rings. The zero-order valence-corrected chi connectivity index (χ0v) is 11.7. The number of anilines is 1. The minimum absolute atomic E-state index is 0.148. The third-order valence-corrected chi connectivity index (χ3v) is 3.85. The van der Waals surface area contributed by atoms with E-state index in [9.17, 15) is 5.11 Å². The SMILES string of the molecule is C#CC1(CO)COc2ccccc2N1Cc1ccccc1. The number of fused-ring (bicyclic) bond motifs is 1. The van der Waals surface area contributed by atoms with Crippen LogP contribution in [0.25, 0.3) is 0 Å². The molecular formula is C18H17NO2. The third-order valence-electron chi connectivity index (χ3n) is 3.85. The van der Waals surface area contributed by atoms with Crippen LogP contribution in [-0.2, 0) is 6.54 Å². The van der Waals surface area contributed by atoms with E-state index < -0.39 is 5.54 Å². The van der Waals surface area contributed by atoms with Gasteiger partial charge in [0.2, 0.25) is 0 Å². The summed E-state index contributed by atoms with van der Waals surface area (Å²) in [5.74, 6) is 3.53. The molecule has 106 valence electrons. The second kappa shape index (κ2) is 5.51. The normalized spacial score (nSPS) is 20.3. The van der Waals surface area contributed by atoms with Crippen LogP contribution in [0.5, 0.6) is 5.75 Å². The Bertz CT molecular complexity index is 662. The molecule has 0 bridgehead atoms. The van der Waals surface area contributed by atoms with Gasteiger partial charge in [-0.15, -0.1) is 6.42 Å². The Morgan fingerprint density at radius 1 is 1.14 bits per heavy atom. The predicted molar refractivity (Wildman–Crippen MR) is 83.2 cm³/mol. The molecule has 21 heavy (non-hydrogen) atoms. The van der Waals surface area contributed by atoms with Gasteiger partial charge in [-0.3, -0.25) is 0 Å². The zero-order chi connectivity index (χ0) is 14.7. The summed E-state index contributed by atoms with van der Waals surface area (Å²) in [6.07, 6.45) is 5.72. The summed E-state index contributed by atoms with van der Waals surface area (Å²) in [6, 6.07) is 17.9. The predicted octanol–water partition coefficient (Wildman–Crippen LogP) is 2.45. The Morgan fingerprint density at radius 2 is 1.86 bits per heavy atom. The molecule has 1 atom stereocenters. The van der Waals surface area contributed by atoms with Crippen LogP contribution in [0.4, 0.5) is 5.69 Å². The highest BCUT2D eigenvalue weighted by molar-refractivity contribution is 5.64. The highest BCUT2D eigenvalue weighted by Gasteiger charge is 2.40. The average Bonchev–Trinajstić information content (AvgIpc) is 2.56. The van der Waals surface area contributed by atoms with E-state index in [1.807, 2.05) is 42.5 Å². The van der Waals surface area contributed by atoms with Crippen LogP contribution in [0, 0.1) is 12.3 Å². The van der Waals surface area contributed by atoms with E-state index in [1.165, 1.54) is 0 Å². The molecule has 3 heteroatoms. The highest BCUT2D eigenvalue weighted by atomic mass is 16.5. The number of aliphatic hydroxyl groups excluding tert-OH is 1. The van der Waals surface area contributed by atoms with Crippen LogP contribution in [0.15, 0.2) is 54.6 Å². The first-order valence-electron chi connectivity index (χ1n) is 6.91. The lowest BCUT2D eigenvalue weighted by molar-refractivity contribution is 0.148. The van der Waals surface area contributed by atoms with E-state index in [4.69, 9.17) is 11.2 Å². The van der Waals surface area contributed by atoms with Crippen molar-refractivity contribution >= 4 is 5.69 Å². The van der Waals surface area contributed by atoms with E-state index in [0.29, 0.717) is 6.54 Å². The quantitative estimate of drug-likeness (QED) is 0.876. The fraction of sp³-hybridized carbons (Fsp3) is 0.222. The molecule has 0 radical (unpaired) electrons. The fourth-order valence-corrected chi connectivity index (χ4v) is 2.61. The number of para-hydroxylation sites is 2. The summed E-state index contributed by atoms with van der Waals surface area (Å²) in [5, 5.41) is 9.85. The Hall–Kier alpha value is -2.44. The largest absolute Gasteiger partial charge is 0.488 e. The first-order valence-corrected chi connectivity index (χ1v) is 6.91. The molecule has 3 rings (SSSR count). The number of nitrogens with zero attached hydrogens (tertiary/aromatic N) is 1. The Kier molecular flexibility index (Phi) is 3.55. The van der Waals surface area contributed by atoms with Gasteiger partial charge in [0.05, 0.1) is 12.3 Å². The van der Waals surface area contributed by atoms with Crippen LogP contribution in [-0.4, -0.2) is 23.9 Å². The number of hydrogen-bond acceptors (Lipinski definition) is 3. The summed E-state index contributed by atoms with van der Waals surface area (Å²) < 4.78 is 5.74. The molecule has 2 aromatic rings. The number of ether oxygens (including phenoxy) is 1. The van der Waals surface area contributed by atoms with Gasteiger partial charge in [-0.1, -0.05) is 48.4 Å². The van der Waals surface area contributed by atoms with Crippen LogP contribution in [0.3, 0.4) is 0 Å². The molecule has 1 N–H and O–H groups in total. The summed E-state index contributed by atoms with van der Waals surface area (Å²) in [4.78, 5) is 2.06. The molecular weight excluding hydrogens is 262 g/mol. The van der Waals surface area contributed by atoms with Crippen molar-refractivity contribution in [2.24, 2.45) is 0 Å². The molecule has 1 aliphatic heterocycles. The highest BCUT2D eigenvalue weighted by Crippen LogP contribution is 2.38. The van der Waals surface area contributed by atoms with Crippen molar-refractivity contribution in [1.29, 1.82) is 0 Å². The van der Waals surface area contributed by atoms with E-state index in [-0.39, 0.29) is 13.2 Å². The summed E-state index contributed by atoms with van der Waals surface area (Å²) in [6.45, 7) is 0.764. The minimum atomic E-state index is -0.829. The van der Waals surface area contributed by atoms with Gasteiger partial charge in [0.25, 0.3) is 0 Å². The third kappa shape index (κ3) is 2.35. The summed E-state index contributed by atoms with van der Waals surface area (Å²) >= 11 is 0. The number of aliphatic hydroxyl groups is 1. The lowest BCUT2D eigenvalue weighted by Gasteiger charge is -2.44. The lowest BCUT2D eigenvalue weighted by atomic mass is 9.96. The van der Waals surface area contributed by atoms with Gasteiger partial charge in [-0.2, -0.15) is 0 Å². The average molecular weight is 279 g/mol. The standard InChI is InChI=1S/C18H17NO2/c1-2-18(13-20)14-21-17-11-7-6-10-16(17)19(18)12-15-8-4-3-5-9-15/h1,3-11,20H,12-14H2. The second-order valence-electron chi connectivity index (χ2n) is 5.16. The molecule has 0 saturated carbocycles. The molecule has 0 amide bonds. The van der Waals surface area contributed by atoms with Gasteiger partial charge in [0.1, 0.15) is 12.4 Å². The van der Waals surface area contributed by atoms with Crippen LogP contribution < -0.4 is 9.64 Å². The Morgan fingerprint density at radius 3 is 2.57 bits per heavy atom. The Balaban J connectivity index is 2.05. The number of rotatable bonds is 3. The lowest BCUT2D eigenvalue weighted by Crippen LogP contribution is -2.57. The Labute approximate surface area is 124 Å². The summed E-state index contributed by atoms with van der Waals surface area (Å²) in [7, 11) is 0. The summed E-state index contributed by atoms with van der Waals surface area (Å²) in [5.41, 5.74) is 1.23. The minimum Gasteiger partial charge on any atom is -0.488 e. The maximum Gasteiger partial charge on any atom is 0.159 e. The maximum atomic E-state index is 9.85. The van der Waals surface area contributed by atoms with Crippen molar-refractivity contribution in [2.45, 2.75) is 12.1 Å². The van der Waals surface area contributed by atoms with E-state index in [1.54, 1.807) is 0 Å². The molecule has 2 aromatic carbocycles. The first-order chi connectivity index (χ1) is 10.3. The van der Waals surface area contributed by atoms with Crippen molar-refractivity contribution in [1.82, 2.24) is 0 Å². The second-order valence-corrected chi connectivity index (χ2v) is 5.16. The van der Waals surface area contributed by atoms with Gasteiger partial charge in [-0.25, -0.2) is 0 Å².